The second-order valence-corrected chi connectivity index (χ2v) is 4.97. The van der Waals surface area contributed by atoms with Crippen molar-refractivity contribution < 1.29 is 14.8 Å². The van der Waals surface area contributed by atoms with Crippen molar-refractivity contribution in [2.24, 2.45) is 5.92 Å². The molecule has 17 heavy (non-hydrogen) atoms. The number of carboxylic acids is 1. The summed E-state index contributed by atoms with van der Waals surface area (Å²) in [5, 5.41) is 24.2. The molecule has 1 heterocycles. The normalized spacial score (nSPS) is 16.7. The topological polar surface area (TPSA) is 92.5 Å². The van der Waals surface area contributed by atoms with Crippen LogP contribution < -0.4 is 5.32 Å². The number of nitro groups is 1. The fourth-order valence-corrected chi connectivity index (χ4v) is 2.39. The zero-order valence-corrected chi connectivity index (χ0v) is 9.77. The van der Waals surface area contributed by atoms with Gasteiger partial charge in [-0.25, -0.2) is 0 Å². The van der Waals surface area contributed by atoms with Crippen molar-refractivity contribution in [2.45, 2.75) is 25.4 Å². The Balaban J connectivity index is 1.91. The number of nitrogens with zero attached hydrogens (tertiary/aromatic N) is 1. The molecule has 92 valence electrons. The molecule has 1 aliphatic carbocycles. The summed E-state index contributed by atoms with van der Waals surface area (Å²) in [5.41, 5.74) is 0.758. The van der Waals surface area contributed by atoms with Gasteiger partial charge >= 0.3 is 11.0 Å². The molecule has 7 heteroatoms. The number of aliphatic carboxylic acids is 1. The summed E-state index contributed by atoms with van der Waals surface area (Å²) < 4.78 is 0. The summed E-state index contributed by atoms with van der Waals surface area (Å²) >= 11 is 1.06. The molecule has 0 amide bonds. The van der Waals surface area contributed by atoms with E-state index in [1.807, 2.05) is 0 Å². The Bertz CT molecular complexity index is 441. The molecule has 2 rings (SSSR count). The number of thiophene rings is 1. The van der Waals surface area contributed by atoms with Gasteiger partial charge in [0.25, 0.3) is 0 Å². The molecule has 1 unspecified atom stereocenters. The quantitative estimate of drug-likeness (QED) is 0.596. The fraction of sp³-hybridized carbons (Fsp3) is 0.500. The van der Waals surface area contributed by atoms with Crippen molar-refractivity contribution in [1.29, 1.82) is 0 Å². The first kappa shape index (κ1) is 12.0. The van der Waals surface area contributed by atoms with Gasteiger partial charge in [-0.3, -0.25) is 14.9 Å². The van der Waals surface area contributed by atoms with Gasteiger partial charge in [0.2, 0.25) is 0 Å². The van der Waals surface area contributed by atoms with E-state index in [4.69, 9.17) is 5.11 Å². The first-order chi connectivity index (χ1) is 8.08. The van der Waals surface area contributed by atoms with Gasteiger partial charge in [-0.15, -0.1) is 0 Å². The summed E-state index contributed by atoms with van der Waals surface area (Å²) in [6.07, 6.45) is 1.88. The standard InChI is InChI=1S/C10H12N2O4S/c13-10(14)9(7-1-2-7)11-4-6-3-8(12(15)16)17-5-6/h3,5,7,9,11H,1-2,4H2,(H,13,14). The second kappa shape index (κ2) is 4.80. The molecule has 0 bridgehead atoms. The Hall–Kier alpha value is -1.47. The van der Waals surface area contributed by atoms with Gasteiger partial charge in [0.15, 0.2) is 0 Å². The number of carbonyl (C=O) groups is 1. The highest BCUT2D eigenvalue weighted by Gasteiger charge is 2.35. The lowest BCUT2D eigenvalue weighted by atomic mass is 10.2. The number of hydrogen-bond acceptors (Lipinski definition) is 5. The van der Waals surface area contributed by atoms with E-state index in [0.29, 0.717) is 6.54 Å². The fourth-order valence-electron chi connectivity index (χ4n) is 1.66. The molecular weight excluding hydrogens is 244 g/mol. The largest absolute Gasteiger partial charge is 0.480 e. The van der Waals surface area contributed by atoms with Crippen molar-refractivity contribution in [1.82, 2.24) is 5.32 Å². The molecule has 2 N–H and O–H groups in total. The lowest BCUT2D eigenvalue weighted by Gasteiger charge is -2.12. The third-order valence-corrected chi connectivity index (χ3v) is 3.63. The maximum Gasteiger partial charge on any atom is 0.324 e. The SMILES string of the molecule is O=C(O)C(NCc1csc([N+](=O)[O-])c1)C1CC1. The van der Waals surface area contributed by atoms with Gasteiger partial charge in [-0.2, -0.15) is 0 Å². The van der Waals surface area contributed by atoms with E-state index < -0.39 is 16.9 Å². The Morgan fingerprint density at radius 3 is 2.88 bits per heavy atom. The zero-order chi connectivity index (χ0) is 12.4. The Kier molecular flexibility index (Phi) is 3.39. The van der Waals surface area contributed by atoms with Gasteiger partial charge in [0.05, 0.1) is 4.92 Å². The van der Waals surface area contributed by atoms with Crippen LogP contribution in [0.25, 0.3) is 0 Å². The molecule has 1 aromatic rings. The van der Waals surface area contributed by atoms with Crippen molar-refractivity contribution in [3.8, 4) is 0 Å². The molecular formula is C10H12N2O4S. The van der Waals surface area contributed by atoms with Crippen LogP contribution in [-0.4, -0.2) is 22.0 Å². The van der Waals surface area contributed by atoms with Crippen LogP contribution in [0.15, 0.2) is 11.4 Å². The van der Waals surface area contributed by atoms with Crippen LogP contribution in [0.3, 0.4) is 0 Å². The molecule has 0 radical (unpaired) electrons. The molecule has 1 atom stereocenters. The van der Waals surface area contributed by atoms with E-state index in [2.05, 4.69) is 5.32 Å². The second-order valence-electron chi connectivity index (χ2n) is 4.08. The number of carboxylic acid groups (broad SMARTS) is 1. The van der Waals surface area contributed by atoms with Crippen molar-refractivity contribution >= 4 is 22.3 Å². The van der Waals surface area contributed by atoms with Gasteiger partial charge in [0, 0.05) is 18.0 Å². The van der Waals surface area contributed by atoms with Crippen molar-refractivity contribution in [3.63, 3.8) is 0 Å². The summed E-state index contributed by atoms with van der Waals surface area (Å²) in [7, 11) is 0. The van der Waals surface area contributed by atoms with Crippen LogP contribution in [0.4, 0.5) is 5.00 Å². The van der Waals surface area contributed by atoms with Crippen LogP contribution in [0, 0.1) is 16.0 Å². The van der Waals surface area contributed by atoms with E-state index in [1.165, 1.54) is 6.07 Å². The monoisotopic (exact) mass is 256 g/mol. The van der Waals surface area contributed by atoms with E-state index in [-0.39, 0.29) is 10.9 Å². The van der Waals surface area contributed by atoms with Crippen molar-refractivity contribution in [2.75, 3.05) is 0 Å². The Morgan fingerprint density at radius 1 is 1.71 bits per heavy atom. The molecule has 1 aromatic heterocycles. The maximum absolute atomic E-state index is 10.9. The van der Waals surface area contributed by atoms with Crippen LogP contribution in [0.5, 0.6) is 0 Å². The van der Waals surface area contributed by atoms with Crippen LogP contribution in [0.1, 0.15) is 18.4 Å². The molecule has 1 fully saturated rings. The Morgan fingerprint density at radius 2 is 2.41 bits per heavy atom. The van der Waals surface area contributed by atoms with Gasteiger partial charge in [-0.1, -0.05) is 11.3 Å². The first-order valence-electron chi connectivity index (χ1n) is 5.26. The molecule has 1 aliphatic rings. The average Bonchev–Trinajstić information content (AvgIpc) is 2.95. The summed E-state index contributed by atoms with van der Waals surface area (Å²) in [6.45, 7) is 0.359. The summed E-state index contributed by atoms with van der Waals surface area (Å²) in [6, 6.07) is 0.942. The summed E-state index contributed by atoms with van der Waals surface area (Å²) in [4.78, 5) is 21.0. The number of rotatable bonds is 6. The smallest absolute Gasteiger partial charge is 0.324 e. The lowest BCUT2D eigenvalue weighted by Crippen LogP contribution is -2.37. The van der Waals surface area contributed by atoms with Crippen molar-refractivity contribution in [3.05, 3.63) is 27.1 Å². The highest BCUT2D eigenvalue weighted by Crippen LogP contribution is 2.33. The Labute approximate surface area is 101 Å². The molecule has 6 nitrogen and oxygen atoms in total. The van der Waals surface area contributed by atoms with Gasteiger partial charge in [-0.05, 0) is 24.3 Å². The molecule has 0 spiro atoms. The molecule has 0 saturated heterocycles. The van der Waals surface area contributed by atoms with E-state index in [0.717, 1.165) is 29.7 Å². The summed E-state index contributed by atoms with van der Waals surface area (Å²) in [5.74, 6) is -0.640. The number of hydrogen-bond donors (Lipinski definition) is 2. The van der Waals surface area contributed by atoms with E-state index in [9.17, 15) is 14.9 Å². The zero-order valence-electron chi connectivity index (χ0n) is 8.96. The third kappa shape index (κ3) is 3.01. The van der Waals surface area contributed by atoms with E-state index in [1.54, 1.807) is 5.38 Å². The highest BCUT2D eigenvalue weighted by atomic mass is 32.1. The minimum absolute atomic E-state index is 0.0834. The molecule has 0 aliphatic heterocycles. The van der Waals surface area contributed by atoms with Gasteiger partial charge in [0.1, 0.15) is 6.04 Å². The van der Waals surface area contributed by atoms with Crippen LogP contribution in [-0.2, 0) is 11.3 Å². The van der Waals surface area contributed by atoms with E-state index >= 15 is 0 Å². The van der Waals surface area contributed by atoms with Crippen LogP contribution in [0.2, 0.25) is 0 Å². The molecule has 0 aromatic carbocycles. The van der Waals surface area contributed by atoms with Crippen LogP contribution >= 0.6 is 11.3 Å². The minimum Gasteiger partial charge on any atom is -0.480 e. The average molecular weight is 256 g/mol. The minimum atomic E-state index is -0.850. The maximum atomic E-state index is 10.9. The third-order valence-electron chi connectivity index (χ3n) is 2.71. The highest BCUT2D eigenvalue weighted by molar-refractivity contribution is 7.13. The first-order valence-corrected chi connectivity index (χ1v) is 6.14. The lowest BCUT2D eigenvalue weighted by molar-refractivity contribution is -0.380. The van der Waals surface area contributed by atoms with Gasteiger partial charge < -0.3 is 10.4 Å². The molecule has 1 saturated carbocycles. The predicted octanol–water partition coefficient (Wildman–Crippen LogP) is 1.61. The predicted molar refractivity (Wildman–Crippen MR) is 62.0 cm³/mol. The number of nitrogens with one attached hydrogen (secondary N) is 1.